The molecule has 0 saturated heterocycles. The van der Waals surface area contributed by atoms with E-state index >= 15 is 0 Å². The molecule has 0 unspecified atom stereocenters. The first-order chi connectivity index (χ1) is 8.90. The molecule has 0 saturated carbocycles. The van der Waals surface area contributed by atoms with Crippen molar-refractivity contribution in [3.05, 3.63) is 51.0 Å². The predicted molar refractivity (Wildman–Crippen MR) is 62.1 cm³/mol. The third-order valence-electron chi connectivity index (χ3n) is 2.29. The van der Waals surface area contributed by atoms with Crippen LogP contribution in [0.25, 0.3) is 5.69 Å². The zero-order valence-electron chi connectivity index (χ0n) is 9.08. The van der Waals surface area contributed by atoms with E-state index in [4.69, 9.17) is 16.7 Å². The summed E-state index contributed by atoms with van der Waals surface area (Å²) >= 11 is 5.62. The van der Waals surface area contributed by atoms with Gasteiger partial charge in [0.05, 0.1) is 22.2 Å². The Bertz CT molecular complexity index is 685. The summed E-state index contributed by atoms with van der Waals surface area (Å²) in [6, 6.07) is 1.37. The minimum Gasteiger partial charge on any atom is -0.477 e. The van der Waals surface area contributed by atoms with Crippen molar-refractivity contribution < 1.29 is 19.2 Å². The summed E-state index contributed by atoms with van der Waals surface area (Å²) in [6.45, 7) is 0. The highest BCUT2D eigenvalue weighted by atomic mass is 35.5. The van der Waals surface area contributed by atoms with Gasteiger partial charge < -0.3 is 5.11 Å². The van der Waals surface area contributed by atoms with Crippen LogP contribution in [0.3, 0.4) is 0 Å². The molecule has 0 spiro atoms. The number of carboxylic acids is 1. The third-order valence-corrected chi connectivity index (χ3v) is 2.49. The number of halogens is 2. The molecule has 0 bridgehead atoms. The molecular formula is C10H5ClFN3O4. The van der Waals surface area contributed by atoms with Gasteiger partial charge in [-0.3, -0.25) is 10.1 Å². The Morgan fingerprint density at radius 3 is 2.68 bits per heavy atom. The first kappa shape index (κ1) is 13.0. The molecule has 19 heavy (non-hydrogen) atoms. The Hall–Kier alpha value is -2.48. The molecule has 0 aliphatic carbocycles. The SMILES string of the molecule is O=C(O)c1cc(-n2cc(Cl)cn2)c(F)cc1[N+](=O)[O-]. The van der Waals surface area contributed by atoms with Crippen molar-refractivity contribution in [3.8, 4) is 5.69 Å². The standard InChI is InChI=1S/C10H5ClFN3O4/c11-5-3-13-14(4-5)9-1-6(10(16)17)8(15(18)19)2-7(9)12/h1-4H,(H,16,17). The van der Waals surface area contributed by atoms with Crippen LogP contribution in [0, 0.1) is 15.9 Å². The molecule has 0 aliphatic rings. The molecule has 7 nitrogen and oxygen atoms in total. The number of benzene rings is 1. The van der Waals surface area contributed by atoms with Crippen molar-refractivity contribution in [1.29, 1.82) is 0 Å². The van der Waals surface area contributed by atoms with Crippen molar-refractivity contribution >= 4 is 23.3 Å². The zero-order chi connectivity index (χ0) is 14.2. The van der Waals surface area contributed by atoms with E-state index in [2.05, 4.69) is 5.10 Å². The van der Waals surface area contributed by atoms with Crippen molar-refractivity contribution in [1.82, 2.24) is 9.78 Å². The summed E-state index contributed by atoms with van der Waals surface area (Å²) in [7, 11) is 0. The van der Waals surface area contributed by atoms with Gasteiger partial charge in [0.1, 0.15) is 11.3 Å². The van der Waals surface area contributed by atoms with Crippen molar-refractivity contribution in [3.63, 3.8) is 0 Å². The maximum Gasteiger partial charge on any atom is 0.342 e. The van der Waals surface area contributed by atoms with Gasteiger partial charge in [0.15, 0.2) is 5.82 Å². The second-order valence-electron chi connectivity index (χ2n) is 3.49. The normalized spacial score (nSPS) is 10.4. The van der Waals surface area contributed by atoms with Crippen LogP contribution in [0.1, 0.15) is 10.4 Å². The minimum atomic E-state index is -1.54. The van der Waals surface area contributed by atoms with E-state index in [-0.39, 0.29) is 10.7 Å². The number of rotatable bonds is 3. The van der Waals surface area contributed by atoms with Gasteiger partial charge >= 0.3 is 5.97 Å². The molecule has 1 heterocycles. The highest BCUT2D eigenvalue weighted by Gasteiger charge is 2.24. The van der Waals surface area contributed by atoms with Gasteiger partial charge in [0, 0.05) is 6.20 Å². The number of nitrogens with zero attached hydrogens (tertiary/aromatic N) is 3. The lowest BCUT2D eigenvalue weighted by Gasteiger charge is -2.05. The zero-order valence-corrected chi connectivity index (χ0v) is 9.83. The first-order valence-corrected chi connectivity index (χ1v) is 5.19. The van der Waals surface area contributed by atoms with Crippen LogP contribution in [0.15, 0.2) is 24.5 Å². The van der Waals surface area contributed by atoms with Crippen LogP contribution >= 0.6 is 11.6 Å². The second kappa shape index (κ2) is 4.65. The molecular weight excluding hydrogens is 281 g/mol. The summed E-state index contributed by atoms with van der Waals surface area (Å²) in [5.74, 6) is -2.51. The van der Waals surface area contributed by atoms with Gasteiger partial charge in [-0.2, -0.15) is 5.10 Å². The highest BCUT2D eigenvalue weighted by molar-refractivity contribution is 6.30. The number of nitro groups is 1. The lowest BCUT2D eigenvalue weighted by Crippen LogP contribution is -2.07. The fourth-order valence-electron chi connectivity index (χ4n) is 1.48. The Balaban J connectivity index is 2.67. The van der Waals surface area contributed by atoms with E-state index in [9.17, 15) is 19.3 Å². The van der Waals surface area contributed by atoms with Crippen molar-refractivity contribution in [2.75, 3.05) is 0 Å². The Morgan fingerprint density at radius 1 is 1.53 bits per heavy atom. The Kier molecular flexibility index (Phi) is 3.17. The average Bonchev–Trinajstić information content (AvgIpc) is 2.74. The lowest BCUT2D eigenvalue weighted by atomic mass is 10.1. The highest BCUT2D eigenvalue weighted by Crippen LogP contribution is 2.25. The minimum absolute atomic E-state index is 0.217. The van der Waals surface area contributed by atoms with E-state index in [1.54, 1.807) is 0 Å². The molecule has 0 fully saturated rings. The van der Waals surface area contributed by atoms with Gasteiger partial charge in [-0.05, 0) is 6.07 Å². The molecule has 0 aliphatic heterocycles. The molecule has 1 N–H and O–H groups in total. The van der Waals surface area contributed by atoms with Crippen LogP contribution in [0.5, 0.6) is 0 Å². The molecule has 0 amide bonds. The van der Waals surface area contributed by atoms with Crippen LogP contribution < -0.4 is 0 Å². The van der Waals surface area contributed by atoms with Crippen LogP contribution in [-0.2, 0) is 0 Å². The van der Waals surface area contributed by atoms with Crippen LogP contribution in [-0.4, -0.2) is 25.8 Å². The molecule has 1 aromatic carbocycles. The van der Waals surface area contributed by atoms with Crippen LogP contribution in [0.2, 0.25) is 5.02 Å². The molecule has 0 atom stereocenters. The summed E-state index contributed by atoms with van der Waals surface area (Å²) < 4.78 is 14.7. The summed E-state index contributed by atoms with van der Waals surface area (Å²) in [4.78, 5) is 20.6. The Morgan fingerprint density at radius 2 is 2.21 bits per heavy atom. The number of hydrogen-bond donors (Lipinski definition) is 1. The molecule has 98 valence electrons. The third kappa shape index (κ3) is 2.38. The van der Waals surface area contributed by atoms with Crippen LogP contribution in [0.4, 0.5) is 10.1 Å². The predicted octanol–water partition coefficient (Wildman–Crippen LogP) is 2.27. The smallest absolute Gasteiger partial charge is 0.342 e. The molecule has 2 aromatic rings. The van der Waals surface area contributed by atoms with Gasteiger partial charge in [-0.25, -0.2) is 13.9 Å². The topological polar surface area (TPSA) is 98.3 Å². The number of carbonyl (C=O) groups is 1. The molecule has 0 radical (unpaired) electrons. The first-order valence-electron chi connectivity index (χ1n) is 4.82. The quantitative estimate of drug-likeness (QED) is 0.689. The molecule has 1 aromatic heterocycles. The van der Waals surface area contributed by atoms with E-state index in [0.717, 1.165) is 10.7 Å². The number of hydrogen-bond acceptors (Lipinski definition) is 4. The van der Waals surface area contributed by atoms with Crippen molar-refractivity contribution in [2.45, 2.75) is 0 Å². The summed E-state index contributed by atoms with van der Waals surface area (Å²) in [5, 5.41) is 23.5. The van der Waals surface area contributed by atoms with E-state index in [1.165, 1.54) is 12.4 Å². The van der Waals surface area contributed by atoms with Gasteiger partial charge in [-0.15, -0.1) is 0 Å². The monoisotopic (exact) mass is 285 g/mol. The van der Waals surface area contributed by atoms with Crippen molar-refractivity contribution in [2.24, 2.45) is 0 Å². The summed E-state index contributed by atoms with van der Waals surface area (Å²) in [6.07, 6.45) is 2.47. The van der Waals surface area contributed by atoms with E-state index in [0.29, 0.717) is 6.07 Å². The number of aromatic nitrogens is 2. The fraction of sp³-hybridized carbons (Fsp3) is 0. The van der Waals surface area contributed by atoms with E-state index < -0.39 is 28.0 Å². The number of nitro benzene ring substituents is 1. The number of aromatic carboxylic acids is 1. The molecule has 2 rings (SSSR count). The Labute approximate surface area is 110 Å². The van der Waals surface area contributed by atoms with E-state index in [1.807, 2.05) is 0 Å². The van der Waals surface area contributed by atoms with Gasteiger partial charge in [0.25, 0.3) is 5.69 Å². The average molecular weight is 286 g/mol. The second-order valence-corrected chi connectivity index (χ2v) is 3.92. The number of carboxylic acid groups (broad SMARTS) is 1. The summed E-state index contributed by atoms with van der Waals surface area (Å²) in [5.41, 5.74) is -1.70. The fourth-order valence-corrected chi connectivity index (χ4v) is 1.62. The maximum absolute atomic E-state index is 13.7. The largest absolute Gasteiger partial charge is 0.477 e. The lowest BCUT2D eigenvalue weighted by molar-refractivity contribution is -0.385. The maximum atomic E-state index is 13.7. The van der Waals surface area contributed by atoms with Gasteiger partial charge in [0.2, 0.25) is 0 Å². The van der Waals surface area contributed by atoms with Gasteiger partial charge in [-0.1, -0.05) is 11.6 Å². The molecule has 9 heteroatoms.